The highest BCUT2D eigenvalue weighted by Crippen LogP contribution is 2.22. The molecular weight excluding hydrogens is 371 g/mol. The molecule has 0 amide bonds. The van der Waals surface area contributed by atoms with E-state index in [0.717, 1.165) is 3.57 Å². The van der Waals surface area contributed by atoms with Crippen molar-refractivity contribution in [1.82, 2.24) is 0 Å². The van der Waals surface area contributed by atoms with Crippen molar-refractivity contribution in [2.24, 2.45) is 0 Å². The average Bonchev–Trinajstić information content (AvgIpc) is 2.41. The minimum absolute atomic E-state index is 0.00797. The van der Waals surface area contributed by atoms with Gasteiger partial charge in [-0.25, -0.2) is 0 Å². The molecule has 3 heteroatoms. The van der Waals surface area contributed by atoms with Gasteiger partial charge in [-0.3, -0.25) is 4.79 Å². The fourth-order valence-electron chi connectivity index (χ4n) is 1.82. The topological polar surface area (TPSA) is 17.1 Å². The normalized spacial score (nSPS) is 10.8. The van der Waals surface area contributed by atoms with Crippen LogP contribution in [0, 0.1) is 3.57 Å². The first-order valence-corrected chi connectivity index (χ1v) is 7.54. The van der Waals surface area contributed by atoms with Gasteiger partial charge in [-0.15, -0.1) is 0 Å². The minimum atomic E-state index is 0.00797. The molecular formula is C16H14ClIO. The third kappa shape index (κ3) is 3.37. The first kappa shape index (κ1) is 14.5. The van der Waals surface area contributed by atoms with Crippen molar-refractivity contribution in [3.05, 3.63) is 67.7 Å². The molecule has 0 fully saturated rings. The summed E-state index contributed by atoms with van der Waals surface area (Å²) in [4.78, 5) is 12.3. The second-order valence-corrected chi connectivity index (χ2v) is 6.30. The van der Waals surface area contributed by atoms with Crippen LogP contribution in [-0.4, -0.2) is 5.78 Å². The van der Waals surface area contributed by atoms with E-state index in [4.69, 9.17) is 11.6 Å². The van der Waals surface area contributed by atoms with E-state index in [2.05, 4.69) is 36.4 Å². The van der Waals surface area contributed by atoms with Gasteiger partial charge in [0.1, 0.15) is 0 Å². The van der Waals surface area contributed by atoms with E-state index in [1.165, 1.54) is 5.56 Å². The van der Waals surface area contributed by atoms with E-state index in [1.54, 1.807) is 6.07 Å². The molecule has 0 heterocycles. The van der Waals surface area contributed by atoms with Crippen LogP contribution in [0.15, 0.2) is 42.5 Å². The molecule has 1 nitrogen and oxygen atoms in total. The van der Waals surface area contributed by atoms with Gasteiger partial charge in [-0.05, 0) is 52.3 Å². The zero-order valence-electron chi connectivity index (χ0n) is 10.8. The summed E-state index contributed by atoms with van der Waals surface area (Å²) in [5.74, 6) is 0.477. The number of carbonyl (C=O) groups excluding carboxylic acids is 1. The second kappa shape index (κ2) is 6.06. The van der Waals surface area contributed by atoms with Crippen molar-refractivity contribution in [3.8, 4) is 0 Å². The highest BCUT2D eigenvalue weighted by atomic mass is 127. The first-order chi connectivity index (χ1) is 8.99. The minimum Gasteiger partial charge on any atom is -0.289 e. The summed E-state index contributed by atoms with van der Waals surface area (Å²) in [6.45, 7) is 4.27. The van der Waals surface area contributed by atoms with Crippen LogP contribution in [0.3, 0.4) is 0 Å². The average molecular weight is 385 g/mol. The van der Waals surface area contributed by atoms with Gasteiger partial charge in [-0.1, -0.05) is 49.7 Å². The molecule has 0 saturated heterocycles. The van der Waals surface area contributed by atoms with E-state index < -0.39 is 0 Å². The predicted molar refractivity (Wildman–Crippen MR) is 88.1 cm³/mol. The number of halogens is 2. The molecule has 0 atom stereocenters. The predicted octanol–water partition coefficient (Wildman–Crippen LogP) is 5.30. The Morgan fingerprint density at radius 1 is 1.05 bits per heavy atom. The Bertz CT molecular complexity index is 603. The molecule has 0 N–H and O–H groups in total. The number of rotatable bonds is 3. The second-order valence-electron chi connectivity index (χ2n) is 4.73. The van der Waals surface area contributed by atoms with Crippen molar-refractivity contribution in [2.75, 3.05) is 0 Å². The van der Waals surface area contributed by atoms with Gasteiger partial charge in [0.25, 0.3) is 0 Å². The summed E-state index contributed by atoms with van der Waals surface area (Å²) in [5, 5.41) is 0.616. The monoisotopic (exact) mass is 384 g/mol. The molecule has 2 aromatic carbocycles. The van der Waals surface area contributed by atoms with Gasteiger partial charge in [-0.2, -0.15) is 0 Å². The molecule has 0 radical (unpaired) electrons. The summed E-state index contributed by atoms with van der Waals surface area (Å²) in [6, 6.07) is 13.2. The van der Waals surface area contributed by atoms with Crippen LogP contribution < -0.4 is 0 Å². The van der Waals surface area contributed by atoms with Gasteiger partial charge in [0, 0.05) is 14.7 Å². The maximum atomic E-state index is 12.3. The fourth-order valence-corrected chi connectivity index (χ4v) is 2.34. The molecule has 0 unspecified atom stereocenters. The van der Waals surface area contributed by atoms with Crippen molar-refractivity contribution >= 4 is 40.0 Å². The summed E-state index contributed by atoms with van der Waals surface area (Å²) in [7, 11) is 0. The van der Waals surface area contributed by atoms with Crippen LogP contribution in [0.2, 0.25) is 5.02 Å². The standard InChI is InChI=1S/C16H14ClIO/c1-10(2)11-3-5-12(6-4-11)16(19)13-7-8-15(18)14(17)9-13/h3-10H,1-2H3. The SMILES string of the molecule is CC(C)c1ccc(C(=O)c2ccc(I)c(Cl)c2)cc1. The van der Waals surface area contributed by atoms with E-state index in [9.17, 15) is 4.79 Å². The number of hydrogen-bond acceptors (Lipinski definition) is 1. The molecule has 0 aliphatic heterocycles. The summed E-state index contributed by atoms with van der Waals surface area (Å²) in [6.07, 6.45) is 0. The molecule has 2 rings (SSSR count). The Labute approximate surface area is 132 Å². The molecule has 0 aromatic heterocycles. The lowest BCUT2D eigenvalue weighted by Gasteiger charge is -2.07. The molecule has 19 heavy (non-hydrogen) atoms. The van der Waals surface area contributed by atoms with Crippen LogP contribution in [0.1, 0.15) is 41.3 Å². The third-order valence-electron chi connectivity index (χ3n) is 3.02. The quantitative estimate of drug-likeness (QED) is 0.518. The molecule has 0 saturated carbocycles. The van der Waals surface area contributed by atoms with Gasteiger partial charge < -0.3 is 0 Å². The maximum Gasteiger partial charge on any atom is 0.193 e. The molecule has 2 aromatic rings. The van der Waals surface area contributed by atoms with E-state index in [1.807, 2.05) is 36.4 Å². The van der Waals surface area contributed by atoms with E-state index >= 15 is 0 Å². The van der Waals surface area contributed by atoms with Crippen molar-refractivity contribution in [3.63, 3.8) is 0 Å². The lowest BCUT2D eigenvalue weighted by Crippen LogP contribution is -2.02. The Kier molecular flexibility index (Phi) is 4.63. The zero-order chi connectivity index (χ0) is 14.0. The number of carbonyl (C=O) groups is 1. The van der Waals surface area contributed by atoms with Crippen molar-refractivity contribution in [1.29, 1.82) is 0 Å². The Morgan fingerprint density at radius 3 is 2.16 bits per heavy atom. The maximum absolute atomic E-state index is 12.3. The summed E-state index contributed by atoms with van der Waals surface area (Å²) >= 11 is 8.20. The van der Waals surface area contributed by atoms with Gasteiger partial charge in [0.05, 0.1) is 5.02 Å². The van der Waals surface area contributed by atoms with Crippen LogP contribution in [0.4, 0.5) is 0 Å². The summed E-state index contributed by atoms with van der Waals surface area (Å²) < 4.78 is 0.950. The van der Waals surface area contributed by atoms with Crippen molar-refractivity contribution < 1.29 is 4.79 Å². The molecule has 0 spiro atoms. The van der Waals surface area contributed by atoms with Crippen LogP contribution in [0.25, 0.3) is 0 Å². The van der Waals surface area contributed by atoms with Gasteiger partial charge in [0.15, 0.2) is 5.78 Å². The van der Waals surface area contributed by atoms with Crippen LogP contribution in [0.5, 0.6) is 0 Å². The fraction of sp³-hybridized carbons (Fsp3) is 0.188. The van der Waals surface area contributed by atoms with E-state index in [-0.39, 0.29) is 5.78 Å². The first-order valence-electron chi connectivity index (χ1n) is 6.08. The number of ketones is 1. The van der Waals surface area contributed by atoms with Crippen LogP contribution >= 0.6 is 34.2 Å². The highest BCUT2D eigenvalue weighted by molar-refractivity contribution is 14.1. The Hall–Kier alpha value is -0.870. The van der Waals surface area contributed by atoms with Crippen molar-refractivity contribution in [2.45, 2.75) is 19.8 Å². The third-order valence-corrected chi connectivity index (χ3v) is 4.59. The lowest BCUT2D eigenvalue weighted by atomic mass is 9.98. The number of hydrogen-bond donors (Lipinski definition) is 0. The highest BCUT2D eigenvalue weighted by Gasteiger charge is 2.11. The lowest BCUT2D eigenvalue weighted by molar-refractivity contribution is 0.103. The smallest absolute Gasteiger partial charge is 0.193 e. The Morgan fingerprint density at radius 2 is 1.63 bits per heavy atom. The molecule has 0 aliphatic rings. The number of benzene rings is 2. The Balaban J connectivity index is 2.30. The molecule has 98 valence electrons. The summed E-state index contributed by atoms with van der Waals surface area (Å²) in [5.41, 5.74) is 2.56. The molecule has 0 aliphatic carbocycles. The molecule has 0 bridgehead atoms. The van der Waals surface area contributed by atoms with Crippen LogP contribution in [-0.2, 0) is 0 Å². The van der Waals surface area contributed by atoms with E-state index in [0.29, 0.717) is 22.1 Å². The van der Waals surface area contributed by atoms with Gasteiger partial charge in [0.2, 0.25) is 0 Å². The van der Waals surface area contributed by atoms with Gasteiger partial charge >= 0.3 is 0 Å². The zero-order valence-corrected chi connectivity index (χ0v) is 13.7. The largest absolute Gasteiger partial charge is 0.289 e.